The highest BCUT2D eigenvalue weighted by Gasteiger charge is 1.90. The summed E-state index contributed by atoms with van der Waals surface area (Å²) in [5, 5.41) is 0. The number of rotatable bonds is 9. The van der Waals surface area contributed by atoms with Crippen LogP contribution in [0.5, 0.6) is 0 Å². The first-order valence-electron chi connectivity index (χ1n) is 6.05. The van der Waals surface area contributed by atoms with Crippen molar-refractivity contribution in [2.24, 2.45) is 0 Å². The topological polar surface area (TPSA) is 26.3 Å². The molecule has 88 valence electrons. The van der Waals surface area contributed by atoms with Gasteiger partial charge in [0, 0.05) is 6.92 Å². The summed E-state index contributed by atoms with van der Waals surface area (Å²) in [6.45, 7) is 4.23. The van der Waals surface area contributed by atoms with Crippen molar-refractivity contribution in [1.82, 2.24) is 0 Å². The van der Waals surface area contributed by atoms with Crippen LogP contribution in [-0.2, 0) is 9.53 Å². The lowest BCUT2D eigenvalue weighted by atomic mass is 10.1. The molecule has 0 atom stereocenters. The zero-order chi connectivity index (χ0) is 11.4. The first-order valence-corrected chi connectivity index (χ1v) is 6.05. The number of esters is 1. The zero-order valence-corrected chi connectivity index (χ0v) is 10.1. The van der Waals surface area contributed by atoms with Gasteiger partial charge in [-0.25, -0.2) is 0 Å². The van der Waals surface area contributed by atoms with Crippen LogP contribution in [0.25, 0.3) is 0 Å². The van der Waals surface area contributed by atoms with Crippen molar-refractivity contribution >= 4 is 5.97 Å². The molecule has 0 aliphatic rings. The number of carbonyl (C=O) groups is 1. The molecule has 0 fully saturated rings. The Morgan fingerprint density at radius 3 is 2.33 bits per heavy atom. The van der Waals surface area contributed by atoms with E-state index >= 15 is 0 Å². The van der Waals surface area contributed by atoms with Gasteiger partial charge in [0.1, 0.15) is 0 Å². The van der Waals surface area contributed by atoms with Gasteiger partial charge in [0.2, 0.25) is 0 Å². The van der Waals surface area contributed by atoms with E-state index in [0.717, 1.165) is 12.8 Å². The summed E-state index contributed by atoms with van der Waals surface area (Å²) in [4.78, 5) is 10.4. The summed E-state index contributed by atoms with van der Waals surface area (Å²) >= 11 is 0. The van der Waals surface area contributed by atoms with Crippen molar-refractivity contribution in [2.45, 2.75) is 58.8 Å². The van der Waals surface area contributed by atoms with E-state index < -0.39 is 0 Å². The first-order chi connectivity index (χ1) is 7.27. The van der Waals surface area contributed by atoms with E-state index in [9.17, 15) is 4.79 Å². The van der Waals surface area contributed by atoms with Crippen LogP contribution in [0.4, 0.5) is 0 Å². The van der Waals surface area contributed by atoms with E-state index in [1.807, 2.05) is 0 Å². The lowest BCUT2D eigenvalue weighted by Gasteiger charge is -1.98. The third-order valence-corrected chi connectivity index (χ3v) is 2.21. The van der Waals surface area contributed by atoms with E-state index in [2.05, 4.69) is 19.1 Å². The van der Waals surface area contributed by atoms with Crippen LogP contribution in [0.3, 0.4) is 0 Å². The van der Waals surface area contributed by atoms with Gasteiger partial charge in [-0.15, -0.1) is 0 Å². The Morgan fingerprint density at radius 1 is 1.07 bits per heavy atom. The normalized spacial score (nSPS) is 10.8. The molecule has 0 rings (SSSR count). The lowest BCUT2D eigenvalue weighted by Crippen LogP contribution is -1.99. The number of hydrogen-bond donors (Lipinski definition) is 0. The summed E-state index contributed by atoms with van der Waals surface area (Å²) in [6.07, 6.45) is 12.9. The molecule has 0 amide bonds. The maximum Gasteiger partial charge on any atom is 0.302 e. The molecule has 0 heterocycles. The molecule has 0 aliphatic carbocycles. The van der Waals surface area contributed by atoms with Crippen molar-refractivity contribution in [3.05, 3.63) is 12.2 Å². The second-order valence-corrected chi connectivity index (χ2v) is 3.80. The SMILES string of the molecule is CCCCCC/C=C/CCCOC(C)=O. The van der Waals surface area contributed by atoms with Crippen LogP contribution >= 0.6 is 0 Å². The Balaban J connectivity index is 3.07. The van der Waals surface area contributed by atoms with Crippen molar-refractivity contribution in [1.29, 1.82) is 0 Å². The predicted octanol–water partition coefficient (Wildman–Crippen LogP) is 3.86. The van der Waals surface area contributed by atoms with Gasteiger partial charge in [0.05, 0.1) is 6.61 Å². The van der Waals surface area contributed by atoms with Gasteiger partial charge in [-0.2, -0.15) is 0 Å². The van der Waals surface area contributed by atoms with Crippen LogP contribution in [0.15, 0.2) is 12.2 Å². The zero-order valence-electron chi connectivity index (χ0n) is 10.1. The van der Waals surface area contributed by atoms with Gasteiger partial charge in [-0.05, 0) is 25.7 Å². The van der Waals surface area contributed by atoms with Crippen molar-refractivity contribution < 1.29 is 9.53 Å². The summed E-state index contributed by atoms with van der Waals surface area (Å²) in [6, 6.07) is 0. The standard InChI is InChI=1S/C13H24O2/c1-3-4-5-6-7-8-9-10-11-12-15-13(2)14/h8-9H,3-7,10-12H2,1-2H3/b9-8+. The molecule has 2 nitrogen and oxygen atoms in total. The average Bonchev–Trinajstić information content (AvgIpc) is 2.20. The number of hydrogen-bond acceptors (Lipinski definition) is 2. The highest BCUT2D eigenvalue weighted by molar-refractivity contribution is 5.65. The maximum absolute atomic E-state index is 10.4. The fourth-order valence-electron chi connectivity index (χ4n) is 1.34. The highest BCUT2D eigenvalue weighted by atomic mass is 16.5. The lowest BCUT2D eigenvalue weighted by molar-refractivity contribution is -0.141. The molecule has 0 aromatic rings. The minimum absolute atomic E-state index is 0.182. The molecule has 0 spiro atoms. The van der Waals surface area contributed by atoms with Crippen LogP contribution in [0.2, 0.25) is 0 Å². The van der Waals surface area contributed by atoms with Gasteiger partial charge >= 0.3 is 5.97 Å². The highest BCUT2D eigenvalue weighted by Crippen LogP contribution is 2.03. The maximum atomic E-state index is 10.4. The Labute approximate surface area is 93.7 Å². The number of ether oxygens (including phenoxy) is 1. The minimum Gasteiger partial charge on any atom is -0.466 e. The first kappa shape index (κ1) is 14.2. The molecule has 0 N–H and O–H groups in total. The van der Waals surface area contributed by atoms with Crippen LogP contribution < -0.4 is 0 Å². The molecule has 15 heavy (non-hydrogen) atoms. The van der Waals surface area contributed by atoms with E-state index in [1.54, 1.807) is 0 Å². The fourth-order valence-corrected chi connectivity index (χ4v) is 1.34. The van der Waals surface area contributed by atoms with Crippen molar-refractivity contribution in [3.63, 3.8) is 0 Å². The van der Waals surface area contributed by atoms with E-state index in [-0.39, 0.29) is 5.97 Å². The Hall–Kier alpha value is -0.790. The van der Waals surface area contributed by atoms with Crippen molar-refractivity contribution in [3.8, 4) is 0 Å². The van der Waals surface area contributed by atoms with E-state index in [4.69, 9.17) is 4.74 Å². The molecule has 0 aromatic heterocycles. The Morgan fingerprint density at radius 2 is 1.73 bits per heavy atom. The van der Waals surface area contributed by atoms with E-state index in [1.165, 1.54) is 39.0 Å². The fraction of sp³-hybridized carbons (Fsp3) is 0.769. The molecule has 0 saturated heterocycles. The van der Waals surface area contributed by atoms with Crippen LogP contribution in [0.1, 0.15) is 58.8 Å². The Bertz CT molecular complexity index is 173. The summed E-state index contributed by atoms with van der Waals surface area (Å²) < 4.78 is 4.83. The summed E-state index contributed by atoms with van der Waals surface area (Å²) in [5.74, 6) is -0.182. The minimum atomic E-state index is -0.182. The third-order valence-electron chi connectivity index (χ3n) is 2.21. The number of carbonyl (C=O) groups excluding carboxylic acids is 1. The molecule has 0 unspecified atom stereocenters. The molecular weight excluding hydrogens is 188 g/mol. The molecule has 0 radical (unpaired) electrons. The molecule has 0 bridgehead atoms. The quantitative estimate of drug-likeness (QED) is 0.329. The van der Waals surface area contributed by atoms with Gasteiger partial charge in [-0.1, -0.05) is 38.3 Å². The number of allylic oxidation sites excluding steroid dienone is 2. The van der Waals surface area contributed by atoms with Crippen LogP contribution in [-0.4, -0.2) is 12.6 Å². The van der Waals surface area contributed by atoms with Crippen molar-refractivity contribution in [2.75, 3.05) is 6.61 Å². The summed E-state index contributed by atoms with van der Waals surface area (Å²) in [5.41, 5.74) is 0. The molecule has 0 aliphatic heterocycles. The monoisotopic (exact) mass is 212 g/mol. The predicted molar refractivity (Wildman–Crippen MR) is 63.8 cm³/mol. The molecule has 0 aromatic carbocycles. The molecule has 2 heteroatoms. The van der Waals surface area contributed by atoms with Gasteiger partial charge in [0.15, 0.2) is 0 Å². The smallest absolute Gasteiger partial charge is 0.302 e. The molecule has 0 saturated carbocycles. The second-order valence-electron chi connectivity index (χ2n) is 3.80. The second kappa shape index (κ2) is 11.3. The summed E-state index contributed by atoms with van der Waals surface area (Å²) in [7, 11) is 0. The Kier molecular flexibility index (Phi) is 10.7. The largest absolute Gasteiger partial charge is 0.466 e. The average molecular weight is 212 g/mol. The van der Waals surface area contributed by atoms with Gasteiger partial charge < -0.3 is 4.74 Å². The third kappa shape index (κ3) is 13.2. The van der Waals surface area contributed by atoms with Crippen LogP contribution in [0, 0.1) is 0 Å². The van der Waals surface area contributed by atoms with Gasteiger partial charge in [0.25, 0.3) is 0 Å². The van der Waals surface area contributed by atoms with E-state index in [0.29, 0.717) is 6.61 Å². The number of unbranched alkanes of at least 4 members (excludes halogenated alkanes) is 5. The van der Waals surface area contributed by atoms with Gasteiger partial charge in [-0.3, -0.25) is 4.79 Å². The molecular formula is C13H24O2.